The summed E-state index contributed by atoms with van der Waals surface area (Å²) < 4.78 is 11.7. The molecule has 4 heteroatoms. The molecule has 112 valence electrons. The molecular formula is C17H22N2O2. The summed E-state index contributed by atoms with van der Waals surface area (Å²) in [5.74, 6) is 5.50. The van der Waals surface area contributed by atoms with E-state index >= 15 is 0 Å². The second-order valence-electron chi connectivity index (χ2n) is 4.92. The minimum absolute atomic E-state index is 0.0996. The molecule has 0 fully saturated rings. The number of nitrogens with two attached hydrogens (primary N) is 1. The van der Waals surface area contributed by atoms with E-state index in [1.54, 1.807) is 0 Å². The molecule has 0 spiro atoms. The number of hydrazine groups is 1. The van der Waals surface area contributed by atoms with Gasteiger partial charge < -0.3 is 9.47 Å². The average Bonchev–Trinajstić information content (AvgIpc) is 2.56. The Labute approximate surface area is 125 Å². The Morgan fingerprint density at radius 1 is 0.857 bits per heavy atom. The first-order chi connectivity index (χ1) is 10.3. The summed E-state index contributed by atoms with van der Waals surface area (Å²) >= 11 is 0. The lowest BCUT2D eigenvalue weighted by molar-refractivity contribution is -0.170. The summed E-state index contributed by atoms with van der Waals surface area (Å²) in [5.41, 5.74) is 4.90. The van der Waals surface area contributed by atoms with E-state index in [1.165, 1.54) is 0 Å². The van der Waals surface area contributed by atoms with Crippen molar-refractivity contribution in [2.75, 3.05) is 0 Å². The van der Waals surface area contributed by atoms with Crippen molar-refractivity contribution >= 4 is 0 Å². The molecule has 0 heterocycles. The molecule has 0 saturated heterocycles. The van der Waals surface area contributed by atoms with Gasteiger partial charge in [0.15, 0.2) is 6.29 Å². The topological polar surface area (TPSA) is 56.5 Å². The molecule has 1 atom stereocenters. The molecule has 0 radical (unpaired) electrons. The quantitative estimate of drug-likeness (QED) is 0.445. The molecule has 21 heavy (non-hydrogen) atoms. The highest BCUT2D eigenvalue weighted by atomic mass is 16.7. The van der Waals surface area contributed by atoms with E-state index in [9.17, 15) is 0 Å². The minimum Gasteiger partial charge on any atom is -0.346 e. The van der Waals surface area contributed by atoms with Gasteiger partial charge in [0.2, 0.25) is 0 Å². The summed E-state index contributed by atoms with van der Waals surface area (Å²) in [6.07, 6.45) is -0.407. The highest BCUT2D eigenvalue weighted by Gasteiger charge is 2.17. The molecule has 4 nitrogen and oxygen atoms in total. The molecule has 0 bridgehead atoms. The zero-order valence-corrected chi connectivity index (χ0v) is 12.2. The number of hydrogen-bond acceptors (Lipinski definition) is 4. The van der Waals surface area contributed by atoms with Crippen molar-refractivity contribution in [2.45, 2.75) is 32.5 Å². The lowest BCUT2D eigenvalue weighted by Gasteiger charge is -2.24. The summed E-state index contributed by atoms with van der Waals surface area (Å²) in [7, 11) is 0. The maximum Gasteiger partial charge on any atom is 0.174 e. The van der Waals surface area contributed by atoms with Crippen LogP contribution in [0, 0.1) is 0 Å². The SMILES string of the molecule is CC(NN)C(OCc1ccccc1)OCc1ccccc1. The Morgan fingerprint density at radius 3 is 1.67 bits per heavy atom. The number of ether oxygens (including phenoxy) is 2. The van der Waals surface area contributed by atoms with Crippen LogP contribution in [0.4, 0.5) is 0 Å². The lowest BCUT2D eigenvalue weighted by atomic mass is 10.2. The smallest absolute Gasteiger partial charge is 0.174 e. The molecule has 2 rings (SSSR count). The van der Waals surface area contributed by atoms with Gasteiger partial charge in [0.25, 0.3) is 0 Å². The molecule has 0 amide bonds. The first kappa shape index (κ1) is 15.7. The molecule has 1 unspecified atom stereocenters. The fraction of sp³-hybridized carbons (Fsp3) is 0.294. The van der Waals surface area contributed by atoms with Gasteiger partial charge in [0, 0.05) is 0 Å². The van der Waals surface area contributed by atoms with Gasteiger partial charge in [-0.15, -0.1) is 0 Å². The number of rotatable bonds is 8. The normalized spacial score (nSPS) is 12.5. The zero-order chi connectivity index (χ0) is 14.9. The second-order valence-corrected chi connectivity index (χ2v) is 4.92. The van der Waals surface area contributed by atoms with E-state index in [0.717, 1.165) is 11.1 Å². The molecule has 2 aromatic rings. The molecule has 0 saturated carbocycles. The fourth-order valence-electron chi connectivity index (χ4n) is 1.92. The minimum atomic E-state index is -0.407. The van der Waals surface area contributed by atoms with E-state index in [-0.39, 0.29) is 6.04 Å². The van der Waals surface area contributed by atoms with Gasteiger partial charge in [0.05, 0.1) is 19.3 Å². The molecule has 0 aliphatic rings. The maximum absolute atomic E-state index is 5.84. The van der Waals surface area contributed by atoms with Crippen LogP contribution in [0.2, 0.25) is 0 Å². The molecular weight excluding hydrogens is 264 g/mol. The summed E-state index contributed by atoms with van der Waals surface area (Å²) in [5, 5.41) is 0. The number of benzene rings is 2. The van der Waals surface area contributed by atoms with Crippen molar-refractivity contribution in [1.82, 2.24) is 5.43 Å². The van der Waals surface area contributed by atoms with Crippen LogP contribution in [-0.4, -0.2) is 12.3 Å². The van der Waals surface area contributed by atoms with Crippen LogP contribution < -0.4 is 11.3 Å². The van der Waals surface area contributed by atoms with Crippen molar-refractivity contribution in [1.29, 1.82) is 0 Å². The summed E-state index contributed by atoms with van der Waals surface area (Å²) in [6, 6.07) is 19.9. The van der Waals surface area contributed by atoms with Gasteiger partial charge in [-0.2, -0.15) is 0 Å². The fourth-order valence-corrected chi connectivity index (χ4v) is 1.92. The Kier molecular flexibility index (Phi) is 6.37. The van der Waals surface area contributed by atoms with Crippen LogP contribution >= 0.6 is 0 Å². The third-order valence-corrected chi connectivity index (χ3v) is 3.19. The van der Waals surface area contributed by atoms with Crippen LogP contribution in [0.5, 0.6) is 0 Å². The van der Waals surface area contributed by atoms with E-state index in [4.69, 9.17) is 15.3 Å². The number of hydrogen-bond donors (Lipinski definition) is 2. The highest BCUT2D eigenvalue weighted by molar-refractivity contribution is 5.14. The van der Waals surface area contributed by atoms with Crippen molar-refractivity contribution in [2.24, 2.45) is 5.84 Å². The van der Waals surface area contributed by atoms with E-state index < -0.39 is 6.29 Å². The summed E-state index contributed by atoms with van der Waals surface area (Å²) in [4.78, 5) is 0. The molecule has 3 N–H and O–H groups in total. The van der Waals surface area contributed by atoms with E-state index in [1.807, 2.05) is 67.6 Å². The maximum atomic E-state index is 5.84. The Morgan fingerprint density at radius 2 is 1.29 bits per heavy atom. The van der Waals surface area contributed by atoms with Crippen molar-refractivity contribution in [3.8, 4) is 0 Å². The molecule has 0 aliphatic heterocycles. The van der Waals surface area contributed by atoms with Gasteiger partial charge >= 0.3 is 0 Å². The van der Waals surface area contributed by atoms with E-state index in [0.29, 0.717) is 13.2 Å². The monoisotopic (exact) mass is 286 g/mol. The van der Waals surface area contributed by atoms with Gasteiger partial charge in [-0.25, -0.2) is 0 Å². The lowest BCUT2D eigenvalue weighted by Crippen LogP contribution is -2.44. The van der Waals surface area contributed by atoms with Crippen molar-refractivity contribution < 1.29 is 9.47 Å². The van der Waals surface area contributed by atoms with Gasteiger partial charge in [-0.1, -0.05) is 60.7 Å². The predicted octanol–water partition coefficient (Wildman–Crippen LogP) is 2.60. The predicted molar refractivity (Wildman–Crippen MR) is 83.0 cm³/mol. The number of nitrogens with one attached hydrogen (secondary N) is 1. The Hall–Kier alpha value is -1.72. The third kappa shape index (κ3) is 5.28. The zero-order valence-electron chi connectivity index (χ0n) is 12.2. The molecule has 0 aliphatic carbocycles. The van der Waals surface area contributed by atoms with Gasteiger partial charge in [-0.3, -0.25) is 11.3 Å². The second kappa shape index (κ2) is 8.54. The van der Waals surface area contributed by atoms with Crippen LogP contribution in [0.3, 0.4) is 0 Å². The summed E-state index contributed by atoms with van der Waals surface area (Å²) in [6.45, 7) is 2.92. The van der Waals surface area contributed by atoms with Crippen LogP contribution in [0.15, 0.2) is 60.7 Å². The van der Waals surface area contributed by atoms with Crippen LogP contribution in [0.25, 0.3) is 0 Å². The molecule has 2 aromatic carbocycles. The molecule has 0 aromatic heterocycles. The van der Waals surface area contributed by atoms with Gasteiger partial charge in [-0.05, 0) is 18.1 Å². The Balaban J connectivity index is 1.88. The first-order valence-corrected chi connectivity index (χ1v) is 7.07. The third-order valence-electron chi connectivity index (χ3n) is 3.19. The van der Waals surface area contributed by atoms with Crippen LogP contribution in [-0.2, 0) is 22.7 Å². The standard InChI is InChI=1S/C17H22N2O2/c1-14(19-18)17(20-12-15-8-4-2-5-9-15)21-13-16-10-6-3-7-11-16/h2-11,14,17,19H,12-13,18H2,1H3. The van der Waals surface area contributed by atoms with Gasteiger partial charge in [0.1, 0.15) is 0 Å². The first-order valence-electron chi connectivity index (χ1n) is 7.07. The van der Waals surface area contributed by atoms with Crippen molar-refractivity contribution in [3.63, 3.8) is 0 Å². The largest absolute Gasteiger partial charge is 0.346 e. The van der Waals surface area contributed by atoms with Crippen molar-refractivity contribution in [3.05, 3.63) is 71.8 Å². The Bertz CT molecular complexity index is 461. The average molecular weight is 286 g/mol. The van der Waals surface area contributed by atoms with E-state index in [2.05, 4.69) is 5.43 Å². The van der Waals surface area contributed by atoms with Crippen LogP contribution in [0.1, 0.15) is 18.1 Å². The highest BCUT2D eigenvalue weighted by Crippen LogP contribution is 2.10.